The van der Waals surface area contributed by atoms with Crippen LogP contribution in [0, 0.1) is 22.7 Å². The molecule has 2 N–H and O–H groups in total. The van der Waals surface area contributed by atoms with Crippen molar-refractivity contribution in [1.29, 1.82) is 0 Å². The Morgan fingerprint density at radius 1 is 0.944 bits per heavy atom. The first kappa shape index (κ1) is 27.8. The summed E-state index contributed by atoms with van der Waals surface area (Å²) in [7, 11) is 0. The summed E-state index contributed by atoms with van der Waals surface area (Å²) in [6, 6.07) is 1.64. The van der Waals surface area contributed by atoms with Gasteiger partial charge in [-0.1, -0.05) is 41.5 Å². The molecule has 0 aliphatic carbocycles. The third kappa shape index (κ3) is 5.62. The maximum atomic E-state index is 12.4. The van der Waals surface area contributed by atoms with E-state index >= 15 is 0 Å². The Balaban J connectivity index is 1.72. The van der Waals surface area contributed by atoms with Gasteiger partial charge in [-0.05, 0) is 36.5 Å². The van der Waals surface area contributed by atoms with Crippen LogP contribution in [0.2, 0.25) is 0 Å². The average molecular weight is 507 g/mol. The number of likely N-dealkylation sites (tertiary alicyclic amines) is 2. The van der Waals surface area contributed by atoms with Crippen LogP contribution in [0.1, 0.15) is 67.2 Å². The normalized spacial score (nSPS) is 22.7. The molecule has 3 heterocycles. The molecule has 2 atom stereocenters. The van der Waals surface area contributed by atoms with Crippen LogP contribution in [0.3, 0.4) is 0 Å². The van der Waals surface area contributed by atoms with Gasteiger partial charge in [-0.2, -0.15) is 0 Å². The van der Waals surface area contributed by atoms with Gasteiger partial charge in [0.05, 0.1) is 24.8 Å². The minimum absolute atomic E-state index is 0.0362. The van der Waals surface area contributed by atoms with E-state index < -0.39 is 17.7 Å². The van der Waals surface area contributed by atoms with Crippen LogP contribution >= 0.6 is 0 Å². The van der Waals surface area contributed by atoms with Crippen molar-refractivity contribution in [2.24, 2.45) is 22.7 Å². The zero-order chi connectivity index (χ0) is 26.7. The first-order valence-electron chi connectivity index (χ1n) is 12.8. The molecule has 2 amide bonds. The van der Waals surface area contributed by atoms with Gasteiger partial charge in [0.15, 0.2) is 0 Å². The van der Waals surface area contributed by atoms with E-state index in [4.69, 9.17) is 9.47 Å². The number of hydrogen-bond donors (Lipinski definition) is 2. The van der Waals surface area contributed by atoms with Crippen molar-refractivity contribution in [3.05, 3.63) is 12.4 Å². The topological polar surface area (TPSA) is 125 Å². The number of piperidine rings is 2. The Labute approximate surface area is 214 Å². The zero-order valence-corrected chi connectivity index (χ0v) is 22.5. The summed E-state index contributed by atoms with van der Waals surface area (Å²) in [6.45, 7) is 14.9. The third-order valence-corrected chi connectivity index (χ3v) is 7.77. The lowest BCUT2D eigenvalue weighted by Gasteiger charge is -2.64. The van der Waals surface area contributed by atoms with Gasteiger partial charge in [-0.15, -0.1) is 0 Å². The van der Waals surface area contributed by atoms with Gasteiger partial charge in [0.1, 0.15) is 6.33 Å². The molecule has 2 aliphatic heterocycles. The van der Waals surface area contributed by atoms with Crippen LogP contribution < -0.4 is 9.47 Å². The molecule has 10 heteroatoms. The van der Waals surface area contributed by atoms with Gasteiger partial charge >= 0.3 is 12.2 Å². The number of nitrogens with zero attached hydrogens (tertiary/aromatic N) is 4. The van der Waals surface area contributed by atoms with Gasteiger partial charge in [-0.25, -0.2) is 19.6 Å². The van der Waals surface area contributed by atoms with E-state index in [2.05, 4.69) is 51.5 Å². The molecular weight excluding hydrogens is 464 g/mol. The predicted octanol–water partition coefficient (Wildman–Crippen LogP) is 4.85. The Morgan fingerprint density at radius 2 is 1.53 bits per heavy atom. The van der Waals surface area contributed by atoms with Gasteiger partial charge in [0.25, 0.3) is 0 Å². The third-order valence-electron chi connectivity index (χ3n) is 7.77. The summed E-state index contributed by atoms with van der Waals surface area (Å²) in [4.78, 5) is 35.2. The second-order valence-corrected chi connectivity index (χ2v) is 12.1. The van der Waals surface area contributed by atoms with Gasteiger partial charge in [-0.3, -0.25) is 0 Å². The van der Waals surface area contributed by atoms with Crippen LogP contribution in [0.15, 0.2) is 12.4 Å². The largest absolute Gasteiger partial charge is 0.477 e. The standard InChI is InChI=1S/C26H42N4O6/c1-24(2,3)26(25(4,5)6)19(10-8-12-30(26)23(33)34)16-36-21-13-20(27-17-28-21)35-15-18-9-7-11-29(14-18)22(31)32/h13,17-19H,7-12,14-16H2,1-6H3,(H,31,32)(H,33,34)/t18-,19-/m1/s1. The second-order valence-electron chi connectivity index (χ2n) is 12.1. The zero-order valence-electron chi connectivity index (χ0n) is 22.5. The molecule has 3 rings (SSSR count). The lowest BCUT2D eigenvalue weighted by atomic mass is 9.52. The molecule has 0 spiro atoms. The van der Waals surface area contributed by atoms with E-state index in [-0.39, 0.29) is 22.7 Å². The molecule has 2 fully saturated rings. The molecular formula is C26H42N4O6. The van der Waals surface area contributed by atoms with E-state index in [0.717, 1.165) is 25.7 Å². The highest BCUT2D eigenvalue weighted by Gasteiger charge is 2.61. The highest BCUT2D eigenvalue weighted by Crippen LogP contribution is 2.56. The average Bonchev–Trinajstić information content (AvgIpc) is 2.80. The van der Waals surface area contributed by atoms with Crippen LogP contribution in [0.4, 0.5) is 9.59 Å². The molecule has 0 saturated carbocycles. The molecule has 2 aliphatic rings. The van der Waals surface area contributed by atoms with Crippen LogP contribution in [-0.4, -0.2) is 80.6 Å². The van der Waals surface area contributed by atoms with E-state index in [0.29, 0.717) is 44.6 Å². The number of aromatic nitrogens is 2. The maximum Gasteiger partial charge on any atom is 0.407 e. The SMILES string of the molecule is CC(C)(C)C1(C(C)(C)C)[C@@H](COc2cc(OC[C@@H]3CCCN(C(=O)O)C3)ncn2)CCCN1C(=O)O. The van der Waals surface area contributed by atoms with Gasteiger partial charge < -0.3 is 29.5 Å². The molecule has 10 nitrogen and oxygen atoms in total. The molecule has 0 bridgehead atoms. The number of carbonyl (C=O) groups is 2. The Hall–Kier alpha value is -2.78. The van der Waals surface area contributed by atoms with Crippen molar-refractivity contribution in [1.82, 2.24) is 19.8 Å². The molecule has 0 unspecified atom stereocenters. The predicted molar refractivity (Wildman–Crippen MR) is 134 cm³/mol. The molecule has 202 valence electrons. The first-order chi connectivity index (χ1) is 16.8. The van der Waals surface area contributed by atoms with Crippen LogP contribution in [-0.2, 0) is 0 Å². The minimum atomic E-state index is -0.900. The summed E-state index contributed by atoms with van der Waals surface area (Å²) in [5, 5.41) is 19.4. The van der Waals surface area contributed by atoms with Gasteiger partial charge in [0, 0.05) is 31.5 Å². The first-order valence-corrected chi connectivity index (χ1v) is 12.8. The Bertz CT molecular complexity index is 912. The summed E-state index contributed by atoms with van der Waals surface area (Å²) >= 11 is 0. The highest BCUT2D eigenvalue weighted by molar-refractivity contribution is 5.67. The van der Waals surface area contributed by atoms with Crippen molar-refractivity contribution in [3.8, 4) is 11.8 Å². The maximum absolute atomic E-state index is 12.4. The smallest absolute Gasteiger partial charge is 0.407 e. The fraction of sp³-hybridized carbons (Fsp3) is 0.769. The number of ether oxygens (including phenoxy) is 2. The molecule has 36 heavy (non-hydrogen) atoms. The summed E-state index contributed by atoms with van der Waals surface area (Å²) in [5.74, 6) is 0.824. The van der Waals surface area contributed by atoms with Gasteiger partial charge in [0.2, 0.25) is 11.8 Å². The highest BCUT2D eigenvalue weighted by atomic mass is 16.5. The van der Waals surface area contributed by atoms with Crippen molar-refractivity contribution < 1.29 is 29.3 Å². The van der Waals surface area contributed by atoms with E-state index in [1.54, 1.807) is 11.0 Å². The molecule has 1 aromatic heterocycles. The number of amides is 2. The molecule has 2 saturated heterocycles. The van der Waals surface area contributed by atoms with E-state index in [1.165, 1.54) is 11.2 Å². The van der Waals surface area contributed by atoms with Crippen molar-refractivity contribution in [3.63, 3.8) is 0 Å². The number of hydrogen-bond acceptors (Lipinski definition) is 6. The Morgan fingerprint density at radius 3 is 2.08 bits per heavy atom. The summed E-state index contributed by atoms with van der Waals surface area (Å²) < 4.78 is 12.0. The van der Waals surface area contributed by atoms with Crippen LogP contribution in [0.25, 0.3) is 0 Å². The van der Waals surface area contributed by atoms with Crippen molar-refractivity contribution >= 4 is 12.2 Å². The lowest BCUT2D eigenvalue weighted by Crippen LogP contribution is -2.72. The monoisotopic (exact) mass is 506 g/mol. The van der Waals surface area contributed by atoms with Crippen molar-refractivity contribution in [2.45, 2.75) is 72.8 Å². The fourth-order valence-corrected chi connectivity index (χ4v) is 6.96. The summed E-state index contributed by atoms with van der Waals surface area (Å²) in [5.41, 5.74) is -1.31. The van der Waals surface area contributed by atoms with E-state index in [1.807, 2.05) is 0 Å². The van der Waals surface area contributed by atoms with Crippen LogP contribution in [0.5, 0.6) is 11.8 Å². The Kier molecular flexibility index (Phi) is 8.25. The van der Waals surface area contributed by atoms with Crippen molar-refractivity contribution in [2.75, 3.05) is 32.8 Å². The number of carboxylic acid groups (broad SMARTS) is 2. The molecule has 1 aromatic rings. The minimum Gasteiger partial charge on any atom is -0.477 e. The quantitative estimate of drug-likeness (QED) is 0.561. The van der Waals surface area contributed by atoms with E-state index in [9.17, 15) is 19.8 Å². The molecule has 0 radical (unpaired) electrons. The molecule has 0 aromatic carbocycles. The second kappa shape index (κ2) is 10.7. The lowest BCUT2D eigenvalue weighted by molar-refractivity contribution is -0.141. The fourth-order valence-electron chi connectivity index (χ4n) is 6.96. The summed E-state index contributed by atoms with van der Waals surface area (Å²) in [6.07, 6.45) is 2.95. The number of rotatable bonds is 6.